The molecule has 0 unspecified atom stereocenters. The number of hydrogen-bond donors (Lipinski definition) is 0. The largest absolute Gasteiger partial charge is 0.460 e. The molecule has 0 fully saturated rings. The van der Waals surface area contributed by atoms with Gasteiger partial charge in [-0.05, 0) is 17.5 Å². The molecule has 150 valence electrons. The third kappa shape index (κ3) is 2.32. The van der Waals surface area contributed by atoms with Gasteiger partial charge in [0.2, 0.25) is 0 Å². The summed E-state index contributed by atoms with van der Waals surface area (Å²) < 4.78 is 119. The molecule has 0 saturated carbocycles. The molecule has 0 atom stereocenters. The summed E-state index contributed by atoms with van der Waals surface area (Å²) in [5.41, 5.74) is -1.45. The summed E-state index contributed by atoms with van der Waals surface area (Å²) in [5.74, 6) is -18.6. The highest BCUT2D eigenvalue weighted by atomic mass is 19.4. The van der Waals surface area contributed by atoms with E-state index in [1.807, 2.05) is 0 Å². The average molecular weight is 415 g/mol. The van der Waals surface area contributed by atoms with Crippen LogP contribution in [0, 0.1) is 0 Å². The number of rotatable bonds is 3. The highest BCUT2D eigenvalue weighted by molar-refractivity contribution is 6.25. The van der Waals surface area contributed by atoms with Crippen molar-refractivity contribution in [3.8, 4) is 0 Å². The molecule has 2 aromatic rings. The number of carbonyl (C=O) groups is 2. The van der Waals surface area contributed by atoms with Gasteiger partial charge in [0.1, 0.15) is 0 Å². The number of alkyl halides is 9. The Kier molecular flexibility index (Phi) is 4.00. The summed E-state index contributed by atoms with van der Waals surface area (Å²) in [5, 5.41) is -0.0370. The average Bonchev–Trinajstić information content (AvgIpc) is 2.58. The van der Waals surface area contributed by atoms with Gasteiger partial charge in [-0.25, -0.2) is 4.90 Å². The van der Waals surface area contributed by atoms with E-state index in [-0.39, 0.29) is 10.8 Å². The van der Waals surface area contributed by atoms with Crippen molar-refractivity contribution >= 4 is 22.6 Å². The lowest BCUT2D eigenvalue weighted by Gasteiger charge is -2.39. The first kappa shape index (κ1) is 20.0. The van der Waals surface area contributed by atoms with Crippen LogP contribution in [0.1, 0.15) is 20.7 Å². The first-order valence-electron chi connectivity index (χ1n) is 7.27. The quantitative estimate of drug-likeness (QED) is 0.408. The molecule has 1 heterocycles. The molecule has 3 nitrogen and oxygen atoms in total. The third-order valence-corrected chi connectivity index (χ3v) is 4.18. The van der Waals surface area contributed by atoms with E-state index in [1.54, 1.807) is 0 Å². The number of amides is 2. The number of carbonyl (C=O) groups excluding carboxylic acids is 2. The van der Waals surface area contributed by atoms with E-state index in [1.165, 1.54) is 12.1 Å². The van der Waals surface area contributed by atoms with E-state index in [4.69, 9.17) is 0 Å². The molecular formula is C16H6F9NO2. The van der Waals surface area contributed by atoms with Crippen LogP contribution in [0.25, 0.3) is 10.8 Å². The van der Waals surface area contributed by atoms with Gasteiger partial charge in [0.05, 0.1) is 0 Å². The number of benzene rings is 2. The van der Waals surface area contributed by atoms with Crippen molar-refractivity contribution < 1.29 is 49.1 Å². The monoisotopic (exact) mass is 415 g/mol. The summed E-state index contributed by atoms with van der Waals surface area (Å²) in [6, 6.07) is 0.178. The van der Waals surface area contributed by atoms with Crippen LogP contribution in [-0.2, 0) is 0 Å². The van der Waals surface area contributed by atoms with Gasteiger partial charge in [-0.15, -0.1) is 0 Å². The molecule has 0 N–H and O–H groups in total. The van der Waals surface area contributed by atoms with Crippen LogP contribution in [0.5, 0.6) is 0 Å². The predicted octanol–water partition coefficient (Wildman–Crippen LogP) is 4.86. The maximum absolute atomic E-state index is 14.2. The van der Waals surface area contributed by atoms with Crippen molar-refractivity contribution in [1.82, 2.24) is 4.90 Å². The van der Waals surface area contributed by atoms with Crippen LogP contribution in [0.4, 0.5) is 39.5 Å². The van der Waals surface area contributed by atoms with E-state index < -0.39 is 51.9 Å². The van der Waals surface area contributed by atoms with Gasteiger partial charge in [-0.3, -0.25) is 9.59 Å². The zero-order valence-electron chi connectivity index (χ0n) is 13.1. The van der Waals surface area contributed by atoms with E-state index in [0.717, 1.165) is 24.3 Å². The normalized spacial score (nSPS) is 16.1. The maximum atomic E-state index is 14.2. The van der Waals surface area contributed by atoms with Crippen LogP contribution >= 0.6 is 0 Å². The second-order valence-corrected chi connectivity index (χ2v) is 5.84. The molecule has 0 saturated heterocycles. The molecule has 0 bridgehead atoms. The van der Waals surface area contributed by atoms with E-state index in [0.29, 0.717) is 0 Å². The molecule has 0 aromatic heterocycles. The SMILES string of the molecule is O=C1c2cccc3cccc(c23)C(=O)N1C(F)(F)C(F)(F)C(F)(F)C(F)(F)F. The molecule has 3 rings (SSSR count). The lowest BCUT2D eigenvalue weighted by atomic mass is 9.93. The Balaban J connectivity index is 2.22. The Morgan fingerprint density at radius 2 is 1.07 bits per heavy atom. The van der Waals surface area contributed by atoms with Crippen molar-refractivity contribution in [3.05, 3.63) is 47.5 Å². The second kappa shape index (κ2) is 5.61. The van der Waals surface area contributed by atoms with Gasteiger partial charge in [-0.2, -0.15) is 39.5 Å². The Morgan fingerprint density at radius 1 is 0.643 bits per heavy atom. The van der Waals surface area contributed by atoms with Gasteiger partial charge >= 0.3 is 24.1 Å². The Morgan fingerprint density at radius 3 is 1.46 bits per heavy atom. The zero-order chi connectivity index (χ0) is 21.3. The van der Waals surface area contributed by atoms with Crippen LogP contribution < -0.4 is 0 Å². The van der Waals surface area contributed by atoms with Gasteiger partial charge in [0.25, 0.3) is 11.8 Å². The minimum Gasteiger partial charge on any atom is -0.268 e. The van der Waals surface area contributed by atoms with Crippen molar-refractivity contribution in [3.63, 3.8) is 0 Å². The fraction of sp³-hybridized carbons (Fsp3) is 0.250. The fourth-order valence-corrected chi connectivity index (χ4v) is 2.79. The number of nitrogens with zero attached hydrogens (tertiary/aromatic N) is 1. The van der Waals surface area contributed by atoms with E-state index >= 15 is 0 Å². The molecule has 0 spiro atoms. The Hall–Kier alpha value is -2.79. The van der Waals surface area contributed by atoms with Gasteiger partial charge in [-0.1, -0.05) is 24.3 Å². The topological polar surface area (TPSA) is 37.4 Å². The van der Waals surface area contributed by atoms with Gasteiger partial charge < -0.3 is 0 Å². The highest BCUT2D eigenvalue weighted by Crippen LogP contribution is 2.55. The van der Waals surface area contributed by atoms with Crippen molar-refractivity contribution in [2.24, 2.45) is 0 Å². The lowest BCUT2D eigenvalue weighted by molar-refractivity contribution is -0.409. The molecule has 1 aliphatic heterocycles. The summed E-state index contributed by atoms with van der Waals surface area (Å²) in [4.78, 5) is 22.9. The van der Waals surface area contributed by atoms with Crippen LogP contribution in [0.3, 0.4) is 0 Å². The molecule has 2 amide bonds. The van der Waals surface area contributed by atoms with E-state index in [2.05, 4.69) is 0 Å². The van der Waals surface area contributed by atoms with Crippen LogP contribution in [-0.4, -0.2) is 40.8 Å². The Bertz CT molecular complexity index is 947. The summed E-state index contributed by atoms with van der Waals surface area (Å²) in [7, 11) is 0. The standard InChI is InChI=1S/C16H6F9NO2/c17-13(18,15(21,22)23)14(19,20)16(24,25)26-11(27)8-5-1-3-7-4-2-6-9(10(7)8)12(26)28/h1-6H. The number of hydrogen-bond acceptors (Lipinski definition) is 2. The van der Waals surface area contributed by atoms with Gasteiger partial charge in [0.15, 0.2) is 0 Å². The van der Waals surface area contributed by atoms with Crippen molar-refractivity contribution in [1.29, 1.82) is 0 Å². The summed E-state index contributed by atoms with van der Waals surface area (Å²) >= 11 is 0. The predicted molar refractivity (Wildman–Crippen MR) is 75.3 cm³/mol. The minimum absolute atomic E-state index is 0.173. The minimum atomic E-state index is -7.23. The van der Waals surface area contributed by atoms with Crippen molar-refractivity contribution in [2.75, 3.05) is 0 Å². The molecular weight excluding hydrogens is 409 g/mol. The van der Waals surface area contributed by atoms with Crippen LogP contribution in [0.15, 0.2) is 36.4 Å². The molecule has 2 aromatic carbocycles. The zero-order valence-corrected chi connectivity index (χ0v) is 13.1. The van der Waals surface area contributed by atoms with Gasteiger partial charge in [0, 0.05) is 16.5 Å². The molecule has 0 radical (unpaired) electrons. The first-order chi connectivity index (χ1) is 12.7. The highest BCUT2D eigenvalue weighted by Gasteiger charge is 2.84. The van der Waals surface area contributed by atoms with Crippen molar-refractivity contribution in [2.45, 2.75) is 24.1 Å². The fourth-order valence-electron chi connectivity index (χ4n) is 2.79. The van der Waals surface area contributed by atoms with E-state index in [9.17, 15) is 49.1 Å². The second-order valence-electron chi connectivity index (χ2n) is 5.84. The maximum Gasteiger partial charge on any atom is 0.460 e. The summed E-state index contributed by atoms with van der Waals surface area (Å²) in [6.45, 7) is 0. The molecule has 12 heteroatoms. The molecule has 1 aliphatic rings. The summed E-state index contributed by atoms with van der Waals surface area (Å²) in [6.07, 6.45) is -7.07. The Labute approximate surface area is 149 Å². The number of imide groups is 1. The number of halogens is 9. The lowest BCUT2D eigenvalue weighted by Crippen LogP contribution is -2.68. The first-order valence-corrected chi connectivity index (χ1v) is 7.27. The molecule has 0 aliphatic carbocycles. The smallest absolute Gasteiger partial charge is 0.268 e. The van der Waals surface area contributed by atoms with Crippen LogP contribution in [0.2, 0.25) is 0 Å². The molecule has 28 heavy (non-hydrogen) atoms. The third-order valence-electron chi connectivity index (χ3n) is 4.18.